The number of carboxylic acid groups (broad SMARTS) is 1. The lowest BCUT2D eigenvalue weighted by atomic mass is 10.0. The molecule has 0 spiro atoms. The highest BCUT2D eigenvalue weighted by Crippen LogP contribution is 2.35. The highest BCUT2D eigenvalue weighted by atomic mass is 16.6. The van der Waals surface area contributed by atoms with Gasteiger partial charge < -0.3 is 34.2 Å². The van der Waals surface area contributed by atoms with Crippen molar-refractivity contribution in [3.63, 3.8) is 0 Å². The Morgan fingerprint density at radius 1 is 1.00 bits per heavy atom. The van der Waals surface area contributed by atoms with E-state index in [1.165, 1.54) is 18.4 Å². The molecule has 0 saturated heterocycles. The first-order chi connectivity index (χ1) is 18.4. The molecule has 5 rings (SSSR count). The van der Waals surface area contributed by atoms with Crippen molar-refractivity contribution in [2.75, 3.05) is 19.8 Å². The number of fused-ring (bicyclic) bond motifs is 2. The zero-order chi connectivity index (χ0) is 26.6. The van der Waals surface area contributed by atoms with E-state index in [0.717, 1.165) is 5.56 Å². The number of hydrogen-bond donors (Lipinski definition) is 3. The molecular formula is C28H23NO9. The van der Waals surface area contributed by atoms with Crippen molar-refractivity contribution in [2.45, 2.75) is 12.5 Å². The highest BCUT2D eigenvalue weighted by molar-refractivity contribution is 5.88. The van der Waals surface area contributed by atoms with Crippen molar-refractivity contribution in [2.24, 2.45) is 0 Å². The number of carbonyl (C=O) groups excluding carboxylic acids is 1. The highest BCUT2D eigenvalue weighted by Gasteiger charge is 2.21. The first-order valence-corrected chi connectivity index (χ1v) is 11.8. The summed E-state index contributed by atoms with van der Waals surface area (Å²) in [6.45, 7) is 0.329. The van der Waals surface area contributed by atoms with E-state index in [1.807, 2.05) is 6.07 Å². The minimum atomic E-state index is -1.18. The van der Waals surface area contributed by atoms with Gasteiger partial charge in [0.15, 0.2) is 18.1 Å². The van der Waals surface area contributed by atoms with Crippen LogP contribution in [0.15, 0.2) is 76.1 Å². The van der Waals surface area contributed by atoms with Gasteiger partial charge in [0.2, 0.25) is 5.43 Å². The van der Waals surface area contributed by atoms with Crippen LogP contribution in [0, 0.1) is 0 Å². The second-order valence-corrected chi connectivity index (χ2v) is 8.59. The summed E-state index contributed by atoms with van der Waals surface area (Å²) in [4.78, 5) is 37.1. The molecule has 3 N–H and O–H groups in total. The molecule has 3 aromatic carbocycles. The Labute approximate surface area is 216 Å². The van der Waals surface area contributed by atoms with E-state index in [-0.39, 0.29) is 28.7 Å². The van der Waals surface area contributed by atoms with Gasteiger partial charge in [-0.15, -0.1) is 0 Å². The van der Waals surface area contributed by atoms with Crippen molar-refractivity contribution >= 4 is 22.8 Å². The average Bonchev–Trinajstić information content (AvgIpc) is 2.92. The van der Waals surface area contributed by atoms with Gasteiger partial charge in [-0.3, -0.25) is 9.59 Å². The van der Waals surface area contributed by atoms with Crippen LogP contribution in [0.5, 0.6) is 23.0 Å². The molecule has 0 unspecified atom stereocenters. The first kappa shape index (κ1) is 24.7. The van der Waals surface area contributed by atoms with Crippen LogP contribution in [-0.2, 0) is 16.0 Å². The second-order valence-electron chi connectivity index (χ2n) is 8.59. The number of amides is 1. The van der Waals surface area contributed by atoms with Crippen molar-refractivity contribution in [3.8, 4) is 34.1 Å². The van der Waals surface area contributed by atoms with Crippen molar-refractivity contribution in [3.05, 3.63) is 82.7 Å². The smallest absolute Gasteiger partial charge is 0.326 e. The van der Waals surface area contributed by atoms with Gasteiger partial charge in [0, 0.05) is 18.6 Å². The van der Waals surface area contributed by atoms with Gasteiger partial charge in [-0.1, -0.05) is 36.4 Å². The SMILES string of the molecule is O=C(COc1cc(O)c2c(=O)c(-c3ccc4c(c3)OCCO4)coc2c1)N[C@H](Cc1ccccc1)C(=O)O. The lowest BCUT2D eigenvalue weighted by Crippen LogP contribution is -2.44. The number of hydrogen-bond acceptors (Lipinski definition) is 8. The van der Waals surface area contributed by atoms with Gasteiger partial charge in [-0.25, -0.2) is 4.79 Å². The number of rotatable bonds is 8. The Kier molecular flexibility index (Phi) is 6.86. The average molecular weight is 517 g/mol. The predicted molar refractivity (Wildman–Crippen MR) is 136 cm³/mol. The Morgan fingerprint density at radius 2 is 1.76 bits per heavy atom. The van der Waals surface area contributed by atoms with E-state index in [4.69, 9.17) is 18.6 Å². The number of carboxylic acids is 1. The fraction of sp³-hybridized carbons (Fsp3) is 0.179. The molecule has 1 aliphatic rings. The summed E-state index contributed by atoms with van der Waals surface area (Å²) < 4.78 is 22.2. The maximum Gasteiger partial charge on any atom is 0.326 e. The van der Waals surface area contributed by atoms with Gasteiger partial charge in [0.25, 0.3) is 5.91 Å². The molecule has 1 amide bonds. The lowest BCUT2D eigenvalue weighted by molar-refractivity contribution is -0.142. The molecule has 0 bridgehead atoms. The Hall–Kier alpha value is -4.99. The molecule has 0 fully saturated rings. The van der Waals surface area contributed by atoms with Crippen molar-refractivity contribution in [1.82, 2.24) is 5.32 Å². The van der Waals surface area contributed by atoms with Crippen LogP contribution in [0.2, 0.25) is 0 Å². The summed E-state index contributed by atoms with van der Waals surface area (Å²) in [6, 6.07) is 15.4. The number of benzene rings is 3. The Morgan fingerprint density at radius 3 is 2.53 bits per heavy atom. The summed E-state index contributed by atoms with van der Waals surface area (Å²) in [5.41, 5.74) is 1.10. The molecule has 1 aromatic heterocycles. The molecule has 0 aliphatic carbocycles. The molecule has 10 nitrogen and oxygen atoms in total. The van der Waals surface area contributed by atoms with Crippen molar-refractivity contribution < 1.29 is 38.4 Å². The van der Waals surface area contributed by atoms with Crippen LogP contribution in [-0.4, -0.2) is 48.0 Å². The molecule has 38 heavy (non-hydrogen) atoms. The molecule has 4 aromatic rings. The molecule has 0 radical (unpaired) electrons. The van der Waals surface area contributed by atoms with E-state index < -0.39 is 35.7 Å². The summed E-state index contributed by atoms with van der Waals surface area (Å²) in [5.74, 6) is -1.08. The van der Waals surface area contributed by atoms with Crippen LogP contribution in [0.25, 0.3) is 22.1 Å². The molecule has 194 valence electrons. The number of phenols is 1. The number of phenolic OH excluding ortho intramolecular Hbond substituents is 1. The number of nitrogens with one attached hydrogen (secondary N) is 1. The standard InChI is InChI=1S/C28H23NO9/c30-21-12-18(37-15-25(31)29-20(28(33)34)10-16-4-2-1-3-5-16)13-24-26(21)27(32)19(14-38-24)17-6-7-22-23(11-17)36-9-8-35-22/h1-7,11-14,20,30H,8-10,15H2,(H,29,31)(H,33,34)/t20-/m1/s1. The van der Waals surface area contributed by atoms with Crippen LogP contribution >= 0.6 is 0 Å². The normalized spacial score (nSPS) is 13.1. The molecule has 1 atom stereocenters. The number of aliphatic carboxylic acids is 1. The van der Waals surface area contributed by atoms with E-state index >= 15 is 0 Å². The zero-order valence-electron chi connectivity index (χ0n) is 20.0. The van der Waals surface area contributed by atoms with E-state index in [2.05, 4.69) is 5.32 Å². The van der Waals surface area contributed by atoms with Gasteiger partial charge in [-0.2, -0.15) is 0 Å². The first-order valence-electron chi connectivity index (χ1n) is 11.8. The third-order valence-electron chi connectivity index (χ3n) is 5.97. The summed E-state index contributed by atoms with van der Waals surface area (Å²) in [7, 11) is 0. The third kappa shape index (κ3) is 5.24. The van der Waals surface area contributed by atoms with E-state index in [0.29, 0.717) is 30.3 Å². The van der Waals surface area contributed by atoms with Gasteiger partial charge in [-0.05, 0) is 23.3 Å². The number of carbonyl (C=O) groups is 2. The van der Waals surface area contributed by atoms with Gasteiger partial charge >= 0.3 is 5.97 Å². The lowest BCUT2D eigenvalue weighted by Gasteiger charge is -2.18. The molecule has 10 heteroatoms. The van der Waals surface area contributed by atoms with E-state index in [1.54, 1.807) is 42.5 Å². The fourth-order valence-electron chi connectivity index (χ4n) is 4.14. The maximum atomic E-state index is 13.2. The topological polar surface area (TPSA) is 145 Å². The minimum Gasteiger partial charge on any atom is -0.507 e. The summed E-state index contributed by atoms with van der Waals surface area (Å²) in [5, 5.41) is 22.4. The monoisotopic (exact) mass is 517 g/mol. The second kappa shape index (κ2) is 10.6. The maximum absolute atomic E-state index is 13.2. The summed E-state index contributed by atoms with van der Waals surface area (Å²) >= 11 is 0. The molecule has 1 aliphatic heterocycles. The van der Waals surface area contributed by atoms with Gasteiger partial charge in [0.1, 0.15) is 48.0 Å². The van der Waals surface area contributed by atoms with Crippen molar-refractivity contribution in [1.29, 1.82) is 0 Å². The Bertz CT molecular complexity index is 1560. The van der Waals surface area contributed by atoms with Crippen LogP contribution < -0.4 is 25.0 Å². The fourth-order valence-corrected chi connectivity index (χ4v) is 4.14. The zero-order valence-corrected chi connectivity index (χ0v) is 20.0. The third-order valence-corrected chi connectivity index (χ3v) is 5.97. The minimum absolute atomic E-state index is 0.0528. The molecular weight excluding hydrogens is 494 g/mol. The number of aromatic hydroxyl groups is 1. The number of ether oxygens (including phenoxy) is 3. The summed E-state index contributed by atoms with van der Waals surface area (Å²) in [6.07, 6.45) is 1.38. The van der Waals surface area contributed by atoms with Crippen LogP contribution in [0.1, 0.15) is 5.56 Å². The molecule has 0 saturated carbocycles. The van der Waals surface area contributed by atoms with Gasteiger partial charge in [0.05, 0.1) is 5.56 Å². The quantitative estimate of drug-likeness (QED) is 0.321. The van der Waals surface area contributed by atoms with Crippen LogP contribution in [0.4, 0.5) is 0 Å². The molecule has 2 heterocycles. The van der Waals surface area contributed by atoms with Crippen LogP contribution in [0.3, 0.4) is 0 Å². The van der Waals surface area contributed by atoms with E-state index in [9.17, 15) is 24.6 Å². The largest absolute Gasteiger partial charge is 0.507 e. The predicted octanol–water partition coefficient (Wildman–Crippen LogP) is 3.13. The Balaban J connectivity index is 1.31.